The third kappa shape index (κ3) is 4.09. The lowest BCUT2D eigenvalue weighted by molar-refractivity contribution is 0.102. The molecule has 1 unspecified atom stereocenters. The fraction of sp³-hybridized carbons (Fsp3) is 0.125. The second kappa shape index (κ2) is 7.54. The number of hydrogen-bond donors (Lipinski definition) is 2. The van der Waals surface area contributed by atoms with Crippen molar-refractivity contribution in [1.82, 2.24) is 15.2 Å². The molecular weight excluding hydrogens is 365 g/mol. The number of amides is 1. The topological polar surface area (TPSA) is 79.8 Å². The highest BCUT2D eigenvalue weighted by atomic mass is 35.5. The standard InChI is InChI=1S/C16H13ClFN5OS/c1-9(14-11(17)3-2-4-12(14)18)21-13-6-5-10(7-19-13)15(24)22-16-23-20-8-25-16/h2-9H,1H3,(H,19,21)(H,22,23,24). The normalized spacial score (nSPS) is 11.8. The number of nitrogens with one attached hydrogen (secondary N) is 2. The van der Waals surface area contributed by atoms with E-state index < -0.39 is 0 Å². The van der Waals surface area contributed by atoms with E-state index in [1.807, 2.05) is 0 Å². The van der Waals surface area contributed by atoms with Crippen molar-refractivity contribution in [3.8, 4) is 0 Å². The maximum absolute atomic E-state index is 13.9. The van der Waals surface area contributed by atoms with Crippen LogP contribution < -0.4 is 10.6 Å². The molecule has 128 valence electrons. The molecule has 0 aliphatic rings. The van der Waals surface area contributed by atoms with Crippen molar-refractivity contribution in [2.45, 2.75) is 13.0 Å². The molecule has 2 N–H and O–H groups in total. The van der Waals surface area contributed by atoms with Gasteiger partial charge in [-0.05, 0) is 31.2 Å². The minimum atomic E-state index is -0.388. The Balaban J connectivity index is 1.69. The molecule has 2 heterocycles. The van der Waals surface area contributed by atoms with Crippen LogP contribution in [-0.2, 0) is 0 Å². The van der Waals surface area contributed by atoms with Crippen molar-refractivity contribution in [1.29, 1.82) is 0 Å². The Morgan fingerprint density at radius 2 is 2.16 bits per heavy atom. The number of pyridine rings is 1. The van der Waals surface area contributed by atoms with E-state index in [-0.39, 0.29) is 17.8 Å². The number of nitrogens with zero attached hydrogens (tertiary/aromatic N) is 3. The van der Waals surface area contributed by atoms with Gasteiger partial charge in [-0.1, -0.05) is 29.0 Å². The Labute approximate surface area is 152 Å². The summed E-state index contributed by atoms with van der Waals surface area (Å²) < 4.78 is 13.9. The Morgan fingerprint density at radius 1 is 1.32 bits per heavy atom. The average molecular weight is 378 g/mol. The van der Waals surface area contributed by atoms with Crippen molar-refractivity contribution in [2.75, 3.05) is 10.6 Å². The molecule has 3 rings (SSSR count). The first-order chi connectivity index (χ1) is 12.0. The molecular formula is C16H13ClFN5OS. The molecule has 6 nitrogen and oxygen atoms in total. The lowest BCUT2D eigenvalue weighted by atomic mass is 10.1. The zero-order valence-corrected chi connectivity index (χ0v) is 14.6. The quantitative estimate of drug-likeness (QED) is 0.698. The lowest BCUT2D eigenvalue weighted by Crippen LogP contribution is -2.13. The van der Waals surface area contributed by atoms with E-state index >= 15 is 0 Å². The maximum atomic E-state index is 13.9. The smallest absolute Gasteiger partial charge is 0.259 e. The van der Waals surface area contributed by atoms with Gasteiger partial charge in [0.05, 0.1) is 11.6 Å². The van der Waals surface area contributed by atoms with Gasteiger partial charge in [-0.25, -0.2) is 9.37 Å². The zero-order chi connectivity index (χ0) is 17.8. The number of rotatable bonds is 5. The van der Waals surface area contributed by atoms with Crippen molar-refractivity contribution in [2.24, 2.45) is 0 Å². The van der Waals surface area contributed by atoms with E-state index in [1.54, 1.807) is 31.2 Å². The maximum Gasteiger partial charge on any atom is 0.259 e. The molecule has 1 amide bonds. The Kier molecular flexibility index (Phi) is 5.20. The van der Waals surface area contributed by atoms with Crippen LogP contribution in [0.4, 0.5) is 15.3 Å². The number of benzene rings is 1. The monoisotopic (exact) mass is 377 g/mol. The molecule has 3 aromatic rings. The van der Waals surface area contributed by atoms with E-state index in [2.05, 4.69) is 25.8 Å². The molecule has 0 radical (unpaired) electrons. The molecule has 25 heavy (non-hydrogen) atoms. The highest BCUT2D eigenvalue weighted by Crippen LogP contribution is 2.27. The van der Waals surface area contributed by atoms with Gasteiger partial charge in [0, 0.05) is 16.8 Å². The van der Waals surface area contributed by atoms with Crippen LogP contribution >= 0.6 is 22.9 Å². The summed E-state index contributed by atoms with van der Waals surface area (Å²) in [4.78, 5) is 16.2. The summed E-state index contributed by atoms with van der Waals surface area (Å²) in [6.07, 6.45) is 1.42. The number of carbonyl (C=O) groups excluding carboxylic acids is 1. The number of carbonyl (C=O) groups is 1. The van der Waals surface area contributed by atoms with Gasteiger partial charge in [0.1, 0.15) is 17.1 Å². The SMILES string of the molecule is CC(Nc1ccc(C(=O)Nc2nncs2)cn1)c1c(F)cccc1Cl. The molecule has 0 spiro atoms. The zero-order valence-electron chi connectivity index (χ0n) is 13.0. The van der Waals surface area contributed by atoms with E-state index in [4.69, 9.17) is 11.6 Å². The van der Waals surface area contributed by atoms with Crippen molar-refractivity contribution in [3.05, 3.63) is 64.0 Å². The van der Waals surface area contributed by atoms with Gasteiger partial charge in [-0.15, -0.1) is 10.2 Å². The van der Waals surface area contributed by atoms with Gasteiger partial charge in [-0.2, -0.15) is 0 Å². The van der Waals surface area contributed by atoms with E-state index in [0.717, 1.165) is 0 Å². The first kappa shape index (κ1) is 17.2. The summed E-state index contributed by atoms with van der Waals surface area (Å²) in [6, 6.07) is 7.40. The van der Waals surface area contributed by atoms with Crippen LogP contribution in [0.15, 0.2) is 42.0 Å². The first-order valence-corrected chi connectivity index (χ1v) is 8.54. The minimum absolute atomic E-state index is 0.332. The molecule has 0 saturated heterocycles. The van der Waals surface area contributed by atoms with Gasteiger partial charge < -0.3 is 5.32 Å². The number of hydrogen-bond acceptors (Lipinski definition) is 6. The summed E-state index contributed by atoms with van der Waals surface area (Å²) in [5, 5.41) is 13.8. The summed E-state index contributed by atoms with van der Waals surface area (Å²) in [5.41, 5.74) is 2.26. The molecule has 9 heteroatoms. The molecule has 0 aliphatic heterocycles. The second-order valence-corrected chi connectivity index (χ2v) is 6.37. The molecule has 1 aromatic carbocycles. The third-order valence-corrected chi connectivity index (χ3v) is 4.34. The average Bonchev–Trinajstić information content (AvgIpc) is 3.08. The first-order valence-electron chi connectivity index (χ1n) is 7.28. The fourth-order valence-electron chi connectivity index (χ4n) is 2.23. The van der Waals surface area contributed by atoms with Crippen LogP contribution in [0.1, 0.15) is 28.9 Å². The predicted molar refractivity (Wildman–Crippen MR) is 95.5 cm³/mol. The summed E-state index contributed by atoms with van der Waals surface area (Å²) >= 11 is 7.28. The third-order valence-electron chi connectivity index (χ3n) is 3.40. The highest BCUT2D eigenvalue weighted by Gasteiger charge is 2.15. The predicted octanol–water partition coefficient (Wildman–Crippen LogP) is 4.15. The van der Waals surface area contributed by atoms with E-state index in [9.17, 15) is 9.18 Å². The largest absolute Gasteiger partial charge is 0.363 e. The van der Waals surface area contributed by atoms with E-state index in [0.29, 0.717) is 27.1 Å². The summed E-state index contributed by atoms with van der Waals surface area (Å²) in [7, 11) is 0. The Hall–Kier alpha value is -2.58. The Bertz CT molecular complexity index is 852. The van der Waals surface area contributed by atoms with Gasteiger partial charge >= 0.3 is 0 Å². The molecule has 0 bridgehead atoms. The van der Waals surface area contributed by atoms with Gasteiger partial charge in [0.15, 0.2) is 0 Å². The van der Waals surface area contributed by atoms with Crippen LogP contribution in [0.2, 0.25) is 5.02 Å². The van der Waals surface area contributed by atoms with Crippen molar-refractivity contribution in [3.63, 3.8) is 0 Å². The second-order valence-electron chi connectivity index (χ2n) is 5.13. The van der Waals surface area contributed by atoms with Crippen LogP contribution in [0.3, 0.4) is 0 Å². The molecule has 2 aromatic heterocycles. The Morgan fingerprint density at radius 3 is 2.80 bits per heavy atom. The summed E-state index contributed by atoms with van der Waals surface area (Å²) in [5.74, 6) is -0.221. The number of anilines is 2. The van der Waals surface area contributed by atoms with Gasteiger partial charge in [0.25, 0.3) is 5.91 Å². The van der Waals surface area contributed by atoms with Crippen molar-refractivity contribution >= 4 is 39.8 Å². The molecule has 1 atom stereocenters. The van der Waals surface area contributed by atoms with Crippen molar-refractivity contribution < 1.29 is 9.18 Å². The van der Waals surface area contributed by atoms with Gasteiger partial charge in [0.2, 0.25) is 5.13 Å². The highest BCUT2D eigenvalue weighted by molar-refractivity contribution is 7.13. The van der Waals surface area contributed by atoms with E-state index in [1.165, 1.54) is 29.1 Å². The lowest BCUT2D eigenvalue weighted by Gasteiger charge is -2.17. The minimum Gasteiger partial charge on any atom is -0.363 e. The molecule has 0 aliphatic carbocycles. The van der Waals surface area contributed by atoms with Crippen LogP contribution in [0, 0.1) is 5.82 Å². The number of halogens is 2. The molecule has 0 saturated carbocycles. The van der Waals surface area contributed by atoms with Crippen LogP contribution in [0.5, 0.6) is 0 Å². The summed E-state index contributed by atoms with van der Waals surface area (Å²) in [6.45, 7) is 1.78. The molecule has 0 fully saturated rings. The van der Waals surface area contributed by atoms with Gasteiger partial charge in [-0.3, -0.25) is 10.1 Å². The van der Waals surface area contributed by atoms with Crippen LogP contribution in [-0.4, -0.2) is 21.1 Å². The number of aromatic nitrogens is 3. The van der Waals surface area contributed by atoms with Crippen LogP contribution in [0.25, 0.3) is 0 Å². The fourth-order valence-corrected chi connectivity index (χ4v) is 3.00.